The molecule has 4 rings (SSSR count). The molecular formula is C21H24BrN3O3S. The summed E-state index contributed by atoms with van der Waals surface area (Å²) in [6.07, 6.45) is 0. The summed E-state index contributed by atoms with van der Waals surface area (Å²) in [7, 11) is -0.00113. The molecule has 1 saturated heterocycles. The van der Waals surface area contributed by atoms with Gasteiger partial charge in [-0.15, -0.1) is 0 Å². The van der Waals surface area contributed by atoms with E-state index in [1.165, 1.54) is 0 Å². The molecule has 1 aliphatic heterocycles. The van der Waals surface area contributed by atoms with Crippen LogP contribution in [0.25, 0.3) is 10.9 Å². The zero-order valence-electron chi connectivity index (χ0n) is 16.7. The Morgan fingerprint density at radius 1 is 1.07 bits per heavy atom. The third kappa shape index (κ3) is 3.65. The van der Waals surface area contributed by atoms with E-state index in [9.17, 15) is 8.42 Å². The van der Waals surface area contributed by atoms with Gasteiger partial charge in [0.15, 0.2) is 0 Å². The molecule has 1 N–H and O–H groups in total. The van der Waals surface area contributed by atoms with Gasteiger partial charge in [-0.05, 0) is 55.9 Å². The molecule has 0 aliphatic carbocycles. The lowest BCUT2D eigenvalue weighted by molar-refractivity contribution is 0.311. The number of halogens is 1. The SMILES string of the molecule is COc1ccc(S(=O)(=O)c2[nH]c3ccc(Br)cc3c2C)cc1N1CCN(C)CC1. The fourth-order valence-corrected chi connectivity index (χ4v) is 5.66. The van der Waals surface area contributed by atoms with Gasteiger partial charge in [0.05, 0.1) is 17.7 Å². The zero-order valence-corrected chi connectivity index (χ0v) is 19.1. The molecule has 8 heteroatoms. The molecule has 154 valence electrons. The van der Waals surface area contributed by atoms with Crippen molar-refractivity contribution in [3.63, 3.8) is 0 Å². The largest absolute Gasteiger partial charge is 0.495 e. The second-order valence-electron chi connectivity index (χ2n) is 7.40. The van der Waals surface area contributed by atoms with Crippen molar-refractivity contribution in [3.05, 3.63) is 46.4 Å². The predicted octanol–water partition coefficient (Wildman–Crippen LogP) is 3.83. The van der Waals surface area contributed by atoms with Gasteiger partial charge < -0.3 is 19.5 Å². The third-order valence-electron chi connectivity index (χ3n) is 5.55. The first kappa shape index (κ1) is 20.3. The number of aryl methyl sites for hydroxylation is 1. The molecule has 29 heavy (non-hydrogen) atoms. The monoisotopic (exact) mass is 477 g/mol. The molecule has 0 unspecified atom stereocenters. The molecule has 0 bridgehead atoms. The fourth-order valence-electron chi connectivity index (χ4n) is 3.79. The normalized spacial score (nSPS) is 15.8. The van der Waals surface area contributed by atoms with Gasteiger partial charge in [-0.25, -0.2) is 8.42 Å². The van der Waals surface area contributed by atoms with Crippen LogP contribution in [0.4, 0.5) is 5.69 Å². The van der Waals surface area contributed by atoms with Gasteiger partial charge in [0.25, 0.3) is 0 Å². The van der Waals surface area contributed by atoms with Gasteiger partial charge in [0.2, 0.25) is 9.84 Å². The van der Waals surface area contributed by atoms with Crippen molar-refractivity contribution < 1.29 is 13.2 Å². The second-order valence-corrected chi connectivity index (χ2v) is 10.2. The number of ether oxygens (including phenoxy) is 1. The summed E-state index contributed by atoms with van der Waals surface area (Å²) in [5, 5.41) is 1.13. The van der Waals surface area contributed by atoms with E-state index < -0.39 is 9.84 Å². The second kappa shape index (κ2) is 7.66. The highest BCUT2D eigenvalue weighted by atomic mass is 79.9. The minimum absolute atomic E-state index is 0.236. The molecule has 1 aromatic heterocycles. The Bertz CT molecular complexity index is 1170. The molecule has 0 atom stereocenters. The Hall–Kier alpha value is -2.03. The Kier molecular flexibility index (Phi) is 5.35. The number of nitrogens with zero attached hydrogens (tertiary/aromatic N) is 2. The maximum Gasteiger partial charge on any atom is 0.222 e. The number of hydrogen-bond donors (Lipinski definition) is 1. The number of anilines is 1. The van der Waals surface area contributed by atoms with Crippen LogP contribution in [0, 0.1) is 6.92 Å². The topological polar surface area (TPSA) is 65.6 Å². The van der Waals surface area contributed by atoms with Crippen LogP contribution in [0.3, 0.4) is 0 Å². The lowest BCUT2D eigenvalue weighted by atomic mass is 10.2. The fraction of sp³-hybridized carbons (Fsp3) is 0.333. The molecule has 0 radical (unpaired) electrons. The number of likely N-dealkylation sites (N-methyl/N-ethyl adjacent to an activating group) is 1. The van der Waals surface area contributed by atoms with Crippen LogP contribution >= 0.6 is 15.9 Å². The molecule has 1 fully saturated rings. The van der Waals surface area contributed by atoms with Crippen molar-refractivity contribution in [1.82, 2.24) is 9.88 Å². The highest BCUT2D eigenvalue weighted by Gasteiger charge is 2.26. The summed E-state index contributed by atoms with van der Waals surface area (Å²) in [5.41, 5.74) is 2.34. The van der Waals surface area contributed by atoms with E-state index in [0.717, 1.165) is 52.8 Å². The quantitative estimate of drug-likeness (QED) is 0.618. The Balaban J connectivity index is 1.80. The van der Waals surface area contributed by atoms with Crippen LogP contribution in [-0.4, -0.2) is 58.6 Å². The van der Waals surface area contributed by atoms with E-state index in [1.54, 1.807) is 25.3 Å². The molecule has 2 heterocycles. The number of sulfone groups is 1. The van der Waals surface area contributed by atoms with E-state index in [-0.39, 0.29) is 9.92 Å². The van der Waals surface area contributed by atoms with Gasteiger partial charge in [-0.2, -0.15) is 0 Å². The maximum absolute atomic E-state index is 13.5. The number of piperazine rings is 1. The minimum Gasteiger partial charge on any atom is -0.495 e. The van der Waals surface area contributed by atoms with Crippen LogP contribution in [0.2, 0.25) is 0 Å². The van der Waals surface area contributed by atoms with Crippen LogP contribution in [0.5, 0.6) is 5.75 Å². The summed E-state index contributed by atoms with van der Waals surface area (Å²) in [6.45, 7) is 5.35. The predicted molar refractivity (Wildman–Crippen MR) is 119 cm³/mol. The number of rotatable bonds is 4. The smallest absolute Gasteiger partial charge is 0.222 e. The van der Waals surface area contributed by atoms with Gasteiger partial charge in [-0.3, -0.25) is 0 Å². The van der Waals surface area contributed by atoms with E-state index in [0.29, 0.717) is 5.75 Å². The van der Waals surface area contributed by atoms with Crippen molar-refractivity contribution in [2.75, 3.05) is 45.2 Å². The number of aromatic nitrogens is 1. The number of fused-ring (bicyclic) bond motifs is 1. The van der Waals surface area contributed by atoms with Crippen LogP contribution in [0.1, 0.15) is 5.56 Å². The Labute approximate surface area is 179 Å². The molecule has 6 nitrogen and oxygen atoms in total. The lowest BCUT2D eigenvalue weighted by Crippen LogP contribution is -2.44. The molecular weight excluding hydrogens is 454 g/mol. The number of benzene rings is 2. The summed E-state index contributed by atoms with van der Waals surface area (Å²) in [4.78, 5) is 7.81. The van der Waals surface area contributed by atoms with E-state index >= 15 is 0 Å². The Morgan fingerprint density at radius 3 is 2.48 bits per heavy atom. The van der Waals surface area contributed by atoms with Crippen LogP contribution in [0.15, 0.2) is 50.8 Å². The molecule has 0 spiro atoms. The average Bonchev–Trinajstić information content (AvgIpc) is 3.05. The molecule has 3 aromatic rings. The first-order valence-corrected chi connectivity index (χ1v) is 11.7. The highest BCUT2D eigenvalue weighted by Crippen LogP contribution is 2.36. The van der Waals surface area contributed by atoms with Gasteiger partial charge in [-0.1, -0.05) is 15.9 Å². The zero-order chi connectivity index (χ0) is 20.8. The van der Waals surface area contributed by atoms with Crippen molar-refractivity contribution in [3.8, 4) is 5.75 Å². The van der Waals surface area contributed by atoms with Crippen LogP contribution in [-0.2, 0) is 9.84 Å². The molecule has 0 amide bonds. The van der Waals surface area contributed by atoms with E-state index in [2.05, 4.69) is 37.8 Å². The summed E-state index contributed by atoms with van der Waals surface area (Å²) >= 11 is 3.46. The van der Waals surface area contributed by atoms with Crippen LogP contribution < -0.4 is 9.64 Å². The summed E-state index contributed by atoms with van der Waals surface area (Å²) in [6, 6.07) is 10.8. The van der Waals surface area contributed by atoms with Gasteiger partial charge in [0, 0.05) is 41.6 Å². The minimum atomic E-state index is -3.70. The molecule has 0 saturated carbocycles. The number of aromatic amines is 1. The number of hydrogen-bond acceptors (Lipinski definition) is 5. The van der Waals surface area contributed by atoms with E-state index in [4.69, 9.17) is 4.74 Å². The van der Waals surface area contributed by atoms with Crippen molar-refractivity contribution in [2.24, 2.45) is 0 Å². The highest BCUT2D eigenvalue weighted by molar-refractivity contribution is 9.10. The standard InChI is InChI=1S/C21H24BrN3O3S/c1-14-17-12-15(22)4-6-18(17)23-21(14)29(26,27)16-5-7-20(28-3)19(13-16)25-10-8-24(2)9-11-25/h4-7,12-13,23H,8-11H2,1-3H3. The number of methoxy groups -OCH3 is 1. The Morgan fingerprint density at radius 2 is 1.79 bits per heavy atom. The number of nitrogens with one attached hydrogen (secondary N) is 1. The first-order chi connectivity index (χ1) is 13.8. The van der Waals surface area contributed by atoms with Gasteiger partial charge in [0.1, 0.15) is 10.8 Å². The van der Waals surface area contributed by atoms with Crippen molar-refractivity contribution >= 4 is 42.4 Å². The maximum atomic E-state index is 13.5. The summed E-state index contributed by atoms with van der Waals surface area (Å²) in [5.74, 6) is 0.686. The average molecular weight is 478 g/mol. The number of H-pyrrole nitrogens is 1. The van der Waals surface area contributed by atoms with Crippen molar-refractivity contribution in [2.45, 2.75) is 16.8 Å². The van der Waals surface area contributed by atoms with Gasteiger partial charge >= 0.3 is 0 Å². The molecule has 1 aliphatic rings. The lowest BCUT2D eigenvalue weighted by Gasteiger charge is -2.34. The first-order valence-electron chi connectivity index (χ1n) is 9.45. The van der Waals surface area contributed by atoms with E-state index in [1.807, 2.05) is 25.1 Å². The molecule has 2 aromatic carbocycles. The third-order valence-corrected chi connectivity index (χ3v) is 7.86. The summed E-state index contributed by atoms with van der Waals surface area (Å²) < 4.78 is 33.4. The van der Waals surface area contributed by atoms with Crippen molar-refractivity contribution in [1.29, 1.82) is 0 Å².